The summed E-state index contributed by atoms with van der Waals surface area (Å²) >= 11 is 5.97. The Hall–Kier alpha value is -1.54. The van der Waals surface area contributed by atoms with Gasteiger partial charge in [0.05, 0.1) is 16.4 Å². The first-order chi connectivity index (χ1) is 9.66. The number of aromatic nitrogens is 2. The number of hydrazone groups is 1. The van der Waals surface area contributed by atoms with Crippen molar-refractivity contribution in [3.05, 3.63) is 16.4 Å². The first-order valence-corrected chi connectivity index (χ1v) is 6.61. The van der Waals surface area contributed by atoms with Gasteiger partial charge in [0.2, 0.25) is 5.72 Å². The minimum Gasteiger partial charge on any atom is -0.364 e. The smallest absolute Gasteiger partial charge is 0.287 e. The molecular formula is C12H15ClF2N4O2. The molecule has 0 aromatic carbocycles. The highest BCUT2D eigenvalue weighted by atomic mass is 35.5. The Balaban J connectivity index is 2.25. The van der Waals surface area contributed by atoms with Crippen LogP contribution in [0.25, 0.3) is 0 Å². The Morgan fingerprint density at radius 3 is 2.57 bits per heavy atom. The number of carbonyl (C=O) groups excluding carboxylic acids is 1. The van der Waals surface area contributed by atoms with Crippen LogP contribution in [0.15, 0.2) is 5.10 Å². The molecule has 6 nitrogen and oxygen atoms in total. The van der Waals surface area contributed by atoms with Gasteiger partial charge in [-0.15, -0.1) is 0 Å². The van der Waals surface area contributed by atoms with Gasteiger partial charge in [-0.25, -0.2) is 8.78 Å². The molecule has 1 aromatic rings. The van der Waals surface area contributed by atoms with E-state index < -0.39 is 18.1 Å². The van der Waals surface area contributed by atoms with E-state index in [-0.39, 0.29) is 18.7 Å². The molecule has 9 heteroatoms. The molecule has 0 unspecified atom stereocenters. The van der Waals surface area contributed by atoms with Gasteiger partial charge in [-0.05, 0) is 20.8 Å². The normalized spacial score (nSPS) is 22.1. The van der Waals surface area contributed by atoms with Crippen molar-refractivity contribution in [1.82, 2.24) is 14.8 Å². The molecule has 0 saturated heterocycles. The molecule has 116 valence electrons. The first kappa shape index (κ1) is 15.8. The molecule has 0 spiro atoms. The van der Waals surface area contributed by atoms with Crippen molar-refractivity contribution in [2.75, 3.05) is 0 Å². The summed E-state index contributed by atoms with van der Waals surface area (Å²) in [5.74, 6) is -0.781. The summed E-state index contributed by atoms with van der Waals surface area (Å²) in [6, 6.07) is 0. The van der Waals surface area contributed by atoms with Gasteiger partial charge in [0.15, 0.2) is 0 Å². The van der Waals surface area contributed by atoms with E-state index in [0.717, 1.165) is 0 Å². The molecule has 1 amide bonds. The van der Waals surface area contributed by atoms with Crippen LogP contribution in [0.5, 0.6) is 0 Å². The molecule has 1 aliphatic rings. The number of rotatable bonds is 3. The van der Waals surface area contributed by atoms with Crippen molar-refractivity contribution in [2.45, 2.75) is 45.9 Å². The molecule has 0 saturated carbocycles. The lowest BCUT2D eigenvalue weighted by Gasteiger charge is -2.30. The third-order valence-electron chi connectivity index (χ3n) is 3.32. The Labute approximate surface area is 125 Å². The molecule has 2 heterocycles. The molecule has 1 atom stereocenters. The van der Waals surface area contributed by atoms with Crippen LogP contribution in [-0.2, 0) is 11.3 Å². The van der Waals surface area contributed by atoms with Crippen LogP contribution in [0.4, 0.5) is 8.78 Å². The SMILES string of the molecule is CC1=NN(C(=O)Cn2nc(C)c(Cl)c2C)[C@](O)(C(F)F)C1. The summed E-state index contributed by atoms with van der Waals surface area (Å²) in [6.07, 6.45) is -3.50. The molecule has 0 radical (unpaired) electrons. The molecule has 0 fully saturated rings. The van der Waals surface area contributed by atoms with E-state index in [4.69, 9.17) is 11.6 Å². The number of hydrogen-bond acceptors (Lipinski definition) is 4. The summed E-state index contributed by atoms with van der Waals surface area (Å²) in [7, 11) is 0. The van der Waals surface area contributed by atoms with Gasteiger partial charge >= 0.3 is 0 Å². The number of amides is 1. The van der Waals surface area contributed by atoms with E-state index in [2.05, 4.69) is 10.2 Å². The fourth-order valence-electron chi connectivity index (χ4n) is 2.21. The van der Waals surface area contributed by atoms with Crippen LogP contribution in [0.3, 0.4) is 0 Å². The number of aliphatic hydroxyl groups is 1. The Morgan fingerprint density at radius 1 is 1.48 bits per heavy atom. The molecule has 21 heavy (non-hydrogen) atoms. The predicted octanol–water partition coefficient (Wildman–Crippen LogP) is 1.72. The van der Waals surface area contributed by atoms with E-state index >= 15 is 0 Å². The van der Waals surface area contributed by atoms with Gasteiger partial charge in [-0.2, -0.15) is 15.2 Å². The van der Waals surface area contributed by atoms with E-state index in [1.54, 1.807) is 13.8 Å². The third kappa shape index (κ3) is 2.65. The Bertz CT molecular complexity index is 617. The van der Waals surface area contributed by atoms with Gasteiger partial charge in [-0.3, -0.25) is 9.48 Å². The molecular weight excluding hydrogens is 306 g/mol. The van der Waals surface area contributed by atoms with Crippen molar-refractivity contribution in [1.29, 1.82) is 0 Å². The Kier molecular flexibility index (Phi) is 4.03. The fraction of sp³-hybridized carbons (Fsp3) is 0.583. The maximum atomic E-state index is 13.0. The molecule has 0 aliphatic carbocycles. The highest BCUT2D eigenvalue weighted by molar-refractivity contribution is 6.31. The lowest BCUT2D eigenvalue weighted by atomic mass is 10.1. The van der Waals surface area contributed by atoms with E-state index in [9.17, 15) is 18.7 Å². The largest absolute Gasteiger partial charge is 0.364 e. The van der Waals surface area contributed by atoms with Crippen LogP contribution in [0, 0.1) is 13.8 Å². The summed E-state index contributed by atoms with van der Waals surface area (Å²) < 4.78 is 27.4. The lowest BCUT2D eigenvalue weighted by molar-refractivity contribution is -0.192. The van der Waals surface area contributed by atoms with E-state index in [0.29, 0.717) is 21.4 Å². The lowest BCUT2D eigenvalue weighted by Crippen LogP contribution is -2.52. The second-order valence-corrected chi connectivity index (χ2v) is 5.42. The summed E-state index contributed by atoms with van der Waals surface area (Å²) in [4.78, 5) is 12.2. The number of carbonyl (C=O) groups is 1. The van der Waals surface area contributed by atoms with Gasteiger partial charge in [0.25, 0.3) is 12.3 Å². The maximum Gasteiger partial charge on any atom is 0.287 e. The highest BCUT2D eigenvalue weighted by Crippen LogP contribution is 2.31. The molecule has 1 aromatic heterocycles. The predicted molar refractivity (Wildman–Crippen MR) is 72.2 cm³/mol. The van der Waals surface area contributed by atoms with E-state index in [1.807, 2.05) is 0 Å². The number of halogens is 3. The van der Waals surface area contributed by atoms with Crippen LogP contribution >= 0.6 is 11.6 Å². The zero-order valence-electron chi connectivity index (χ0n) is 11.8. The van der Waals surface area contributed by atoms with Crippen molar-refractivity contribution in [2.24, 2.45) is 5.10 Å². The first-order valence-electron chi connectivity index (χ1n) is 6.24. The minimum absolute atomic E-state index is 0.262. The average molecular weight is 321 g/mol. The minimum atomic E-state index is -3.12. The maximum absolute atomic E-state index is 13.0. The summed E-state index contributed by atoms with van der Waals surface area (Å²) in [5.41, 5.74) is -1.26. The second-order valence-electron chi connectivity index (χ2n) is 5.04. The Morgan fingerprint density at radius 2 is 2.10 bits per heavy atom. The number of alkyl halides is 2. The van der Waals surface area contributed by atoms with Crippen LogP contribution in [0.2, 0.25) is 5.02 Å². The highest BCUT2D eigenvalue weighted by Gasteiger charge is 2.50. The van der Waals surface area contributed by atoms with Crippen molar-refractivity contribution in [3.8, 4) is 0 Å². The molecule has 1 N–H and O–H groups in total. The number of aryl methyl sites for hydroxylation is 1. The third-order valence-corrected chi connectivity index (χ3v) is 3.86. The van der Waals surface area contributed by atoms with Crippen LogP contribution in [-0.4, -0.2) is 43.7 Å². The molecule has 1 aliphatic heterocycles. The van der Waals surface area contributed by atoms with Gasteiger partial charge in [0.1, 0.15) is 6.54 Å². The zero-order chi connectivity index (χ0) is 15.9. The number of nitrogens with zero attached hydrogens (tertiary/aromatic N) is 4. The standard InChI is InChI=1S/C12H15ClF2N4O2/c1-6-4-12(21,11(14)15)19(16-6)9(20)5-18-8(3)10(13)7(2)17-18/h11,21H,4-5H2,1-3H3/t12-/m1/s1. The average Bonchev–Trinajstić information content (AvgIpc) is 2.83. The topological polar surface area (TPSA) is 70.7 Å². The summed E-state index contributed by atoms with van der Waals surface area (Å²) in [5, 5.41) is 18.6. The zero-order valence-corrected chi connectivity index (χ0v) is 12.5. The van der Waals surface area contributed by atoms with Gasteiger partial charge < -0.3 is 5.11 Å². The van der Waals surface area contributed by atoms with Crippen molar-refractivity contribution >= 4 is 23.2 Å². The van der Waals surface area contributed by atoms with Crippen molar-refractivity contribution in [3.63, 3.8) is 0 Å². The van der Waals surface area contributed by atoms with Gasteiger partial charge in [0, 0.05) is 12.1 Å². The molecule has 0 bridgehead atoms. The fourth-order valence-corrected chi connectivity index (χ4v) is 2.34. The summed E-state index contributed by atoms with van der Waals surface area (Å²) in [6.45, 7) is 4.48. The second kappa shape index (κ2) is 5.34. The van der Waals surface area contributed by atoms with Gasteiger partial charge in [-0.1, -0.05) is 11.6 Å². The van der Waals surface area contributed by atoms with Crippen LogP contribution in [0.1, 0.15) is 24.7 Å². The van der Waals surface area contributed by atoms with Crippen molar-refractivity contribution < 1.29 is 18.7 Å². The van der Waals surface area contributed by atoms with E-state index in [1.165, 1.54) is 11.6 Å². The number of hydrogen-bond donors (Lipinski definition) is 1. The van der Waals surface area contributed by atoms with Crippen LogP contribution < -0.4 is 0 Å². The monoisotopic (exact) mass is 320 g/mol. The quantitative estimate of drug-likeness (QED) is 0.921. The molecule has 2 rings (SSSR count).